The summed E-state index contributed by atoms with van der Waals surface area (Å²) in [6.45, 7) is 5.43. The maximum atomic E-state index is 12.5. The number of rotatable bonds is 10. The van der Waals surface area contributed by atoms with Crippen molar-refractivity contribution in [2.45, 2.75) is 45.6 Å². The molecule has 0 unspecified atom stereocenters. The molecule has 160 valence electrons. The van der Waals surface area contributed by atoms with Crippen LogP contribution in [0, 0.1) is 13.8 Å². The van der Waals surface area contributed by atoms with Crippen molar-refractivity contribution in [3.05, 3.63) is 59.2 Å². The molecule has 0 spiro atoms. The van der Waals surface area contributed by atoms with Crippen LogP contribution in [0.25, 0.3) is 0 Å². The quantitative estimate of drug-likeness (QED) is 0.563. The Morgan fingerprint density at radius 1 is 1.07 bits per heavy atom. The van der Waals surface area contributed by atoms with E-state index in [1.165, 1.54) is 0 Å². The Morgan fingerprint density at radius 2 is 1.80 bits per heavy atom. The van der Waals surface area contributed by atoms with Crippen molar-refractivity contribution in [1.82, 2.24) is 10.2 Å². The van der Waals surface area contributed by atoms with Gasteiger partial charge in [0, 0.05) is 31.2 Å². The highest BCUT2D eigenvalue weighted by atomic mass is 16.3. The molecule has 0 aliphatic heterocycles. The highest BCUT2D eigenvalue weighted by molar-refractivity contribution is 5.93. The molecule has 1 aliphatic carbocycles. The summed E-state index contributed by atoms with van der Waals surface area (Å²) >= 11 is 0. The molecule has 6 nitrogen and oxygen atoms in total. The average molecular weight is 410 g/mol. The third kappa shape index (κ3) is 6.88. The van der Waals surface area contributed by atoms with Crippen LogP contribution in [0.15, 0.2) is 42.5 Å². The zero-order chi connectivity index (χ0) is 21.5. The molecule has 0 saturated heterocycles. The first-order chi connectivity index (χ1) is 14.4. The number of nitrogens with zero attached hydrogens (tertiary/aromatic N) is 1. The summed E-state index contributed by atoms with van der Waals surface area (Å²) in [5.41, 5.74) is 4.07. The van der Waals surface area contributed by atoms with Gasteiger partial charge in [-0.1, -0.05) is 24.3 Å². The van der Waals surface area contributed by atoms with Gasteiger partial charge < -0.3 is 15.7 Å². The molecule has 1 aliphatic rings. The number of anilines is 1. The van der Waals surface area contributed by atoms with Crippen LogP contribution in [-0.2, 0) is 16.0 Å². The Bertz CT molecular complexity index is 876. The molecule has 2 aromatic carbocycles. The number of carbonyl (C=O) groups is 2. The Morgan fingerprint density at radius 3 is 2.50 bits per heavy atom. The maximum absolute atomic E-state index is 12.5. The smallest absolute Gasteiger partial charge is 0.238 e. The maximum Gasteiger partial charge on any atom is 0.238 e. The van der Waals surface area contributed by atoms with Crippen LogP contribution >= 0.6 is 0 Å². The fraction of sp³-hybridized carbons (Fsp3) is 0.417. The third-order valence-corrected chi connectivity index (χ3v) is 5.38. The molecular formula is C24H31N3O3. The second-order valence-corrected chi connectivity index (χ2v) is 8.08. The van der Waals surface area contributed by atoms with E-state index in [9.17, 15) is 14.7 Å². The zero-order valence-corrected chi connectivity index (χ0v) is 17.8. The molecular weight excluding hydrogens is 378 g/mol. The van der Waals surface area contributed by atoms with Crippen molar-refractivity contribution < 1.29 is 14.7 Å². The predicted molar refractivity (Wildman–Crippen MR) is 119 cm³/mol. The molecule has 1 saturated carbocycles. The van der Waals surface area contributed by atoms with Crippen molar-refractivity contribution in [2.24, 2.45) is 0 Å². The number of nitrogens with one attached hydrogen (secondary N) is 2. The van der Waals surface area contributed by atoms with Crippen LogP contribution in [0.4, 0.5) is 5.69 Å². The van der Waals surface area contributed by atoms with E-state index in [-0.39, 0.29) is 17.6 Å². The fourth-order valence-corrected chi connectivity index (χ4v) is 3.42. The topological polar surface area (TPSA) is 81.7 Å². The van der Waals surface area contributed by atoms with Crippen LogP contribution in [0.2, 0.25) is 0 Å². The predicted octanol–water partition coefficient (Wildman–Crippen LogP) is 3.16. The van der Waals surface area contributed by atoms with E-state index in [0.29, 0.717) is 32.1 Å². The minimum Gasteiger partial charge on any atom is -0.508 e. The van der Waals surface area contributed by atoms with E-state index in [0.717, 1.165) is 41.6 Å². The molecule has 2 aromatic rings. The van der Waals surface area contributed by atoms with Crippen LogP contribution in [-0.4, -0.2) is 47.5 Å². The number of phenolic OH excluding ortho intramolecular Hbond substituents is 1. The molecule has 2 amide bonds. The Hall–Kier alpha value is -2.86. The summed E-state index contributed by atoms with van der Waals surface area (Å²) in [7, 11) is 0. The summed E-state index contributed by atoms with van der Waals surface area (Å²) in [5, 5.41) is 15.3. The summed E-state index contributed by atoms with van der Waals surface area (Å²) in [4.78, 5) is 26.9. The fourth-order valence-electron chi connectivity index (χ4n) is 3.42. The summed E-state index contributed by atoms with van der Waals surface area (Å²) < 4.78 is 0. The monoisotopic (exact) mass is 409 g/mol. The van der Waals surface area contributed by atoms with E-state index in [2.05, 4.69) is 15.5 Å². The SMILES string of the molecule is Cc1ccc(C)c(NC(=O)CN(CCC(=O)NCCc2ccc(O)cc2)C2CC2)c1. The Labute approximate surface area is 178 Å². The van der Waals surface area contributed by atoms with Crippen molar-refractivity contribution >= 4 is 17.5 Å². The third-order valence-electron chi connectivity index (χ3n) is 5.38. The first-order valence-electron chi connectivity index (χ1n) is 10.6. The highest BCUT2D eigenvalue weighted by Gasteiger charge is 2.30. The van der Waals surface area contributed by atoms with E-state index >= 15 is 0 Å². The van der Waals surface area contributed by atoms with E-state index in [1.54, 1.807) is 12.1 Å². The molecule has 3 N–H and O–H groups in total. The molecule has 0 aromatic heterocycles. The number of aromatic hydroxyl groups is 1. The first-order valence-corrected chi connectivity index (χ1v) is 10.6. The molecule has 1 fully saturated rings. The number of amides is 2. The second kappa shape index (κ2) is 10.3. The van der Waals surface area contributed by atoms with Gasteiger partial charge in [-0.2, -0.15) is 0 Å². The zero-order valence-electron chi connectivity index (χ0n) is 17.8. The lowest BCUT2D eigenvalue weighted by molar-refractivity contribution is -0.122. The molecule has 30 heavy (non-hydrogen) atoms. The van der Waals surface area contributed by atoms with Gasteiger partial charge in [0.05, 0.1) is 6.54 Å². The van der Waals surface area contributed by atoms with Gasteiger partial charge in [-0.15, -0.1) is 0 Å². The molecule has 0 heterocycles. The summed E-state index contributed by atoms with van der Waals surface area (Å²) in [5.74, 6) is 0.197. The average Bonchev–Trinajstić information content (AvgIpc) is 3.55. The van der Waals surface area contributed by atoms with Crippen LogP contribution in [0.1, 0.15) is 36.0 Å². The van der Waals surface area contributed by atoms with Crippen LogP contribution in [0.3, 0.4) is 0 Å². The number of carbonyl (C=O) groups excluding carboxylic acids is 2. The van der Waals surface area contributed by atoms with E-state index in [1.807, 2.05) is 44.2 Å². The number of aryl methyl sites for hydroxylation is 2. The molecule has 0 bridgehead atoms. The van der Waals surface area contributed by atoms with Gasteiger partial charge in [-0.25, -0.2) is 0 Å². The number of hydrogen-bond acceptors (Lipinski definition) is 4. The summed E-state index contributed by atoms with van der Waals surface area (Å²) in [6.07, 6.45) is 3.26. The minimum atomic E-state index is -0.0386. The van der Waals surface area contributed by atoms with Crippen LogP contribution in [0.5, 0.6) is 5.75 Å². The van der Waals surface area contributed by atoms with E-state index < -0.39 is 0 Å². The van der Waals surface area contributed by atoms with Gasteiger partial charge in [0.15, 0.2) is 0 Å². The number of phenols is 1. The van der Waals surface area contributed by atoms with Gasteiger partial charge in [-0.05, 0) is 68.0 Å². The standard InChI is InChI=1S/C24H31N3O3/c1-17-3-4-18(2)22(15-17)26-24(30)16-27(20-7-8-20)14-12-23(29)25-13-11-19-5-9-21(28)10-6-19/h3-6,9-10,15,20,28H,7-8,11-14,16H2,1-2H3,(H,25,29)(H,26,30). The molecule has 0 atom stereocenters. The summed E-state index contributed by atoms with van der Waals surface area (Å²) in [6, 6.07) is 13.4. The molecule has 0 radical (unpaired) electrons. The van der Waals surface area contributed by atoms with Crippen molar-refractivity contribution in [1.29, 1.82) is 0 Å². The number of hydrogen-bond donors (Lipinski definition) is 3. The van der Waals surface area contributed by atoms with Crippen molar-refractivity contribution in [2.75, 3.05) is 25.0 Å². The lowest BCUT2D eigenvalue weighted by Crippen LogP contribution is -2.38. The number of benzene rings is 2. The van der Waals surface area contributed by atoms with Gasteiger partial charge in [0.1, 0.15) is 5.75 Å². The van der Waals surface area contributed by atoms with E-state index in [4.69, 9.17) is 0 Å². The van der Waals surface area contributed by atoms with Gasteiger partial charge in [0.2, 0.25) is 11.8 Å². The highest BCUT2D eigenvalue weighted by Crippen LogP contribution is 2.27. The lowest BCUT2D eigenvalue weighted by atomic mass is 10.1. The Kier molecular flexibility index (Phi) is 7.46. The molecule has 3 rings (SSSR count). The minimum absolute atomic E-state index is 0.00522. The second-order valence-electron chi connectivity index (χ2n) is 8.08. The first kappa shape index (κ1) is 21.8. The van der Waals surface area contributed by atoms with Crippen LogP contribution < -0.4 is 10.6 Å². The normalized spacial score (nSPS) is 13.3. The van der Waals surface area contributed by atoms with Gasteiger partial charge in [-0.3, -0.25) is 14.5 Å². The van der Waals surface area contributed by atoms with Crippen molar-refractivity contribution in [3.63, 3.8) is 0 Å². The lowest BCUT2D eigenvalue weighted by Gasteiger charge is -2.21. The van der Waals surface area contributed by atoms with Gasteiger partial charge >= 0.3 is 0 Å². The molecule has 6 heteroatoms. The van der Waals surface area contributed by atoms with Gasteiger partial charge in [0.25, 0.3) is 0 Å². The largest absolute Gasteiger partial charge is 0.508 e. The Balaban J connectivity index is 1.41. The van der Waals surface area contributed by atoms with Crippen molar-refractivity contribution in [3.8, 4) is 5.75 Å².